The highest BCUT2D eigenvalue weighted by Crippen LogP contribution is 2.37. The van der Waals surface area contributed by atoms with Crippen molar-refractivity contribution >= 4 is 11.6 Å². The molecule has 0 bridgehead atoms. The predicted molar refractivity (Wildman–Crippen MR) is 79.7 cm³/mol. The smallest absolute Gasteiger partial charge is 0.200 e. The van der Waals surface area contributed by atoms with Crippen LogP contribution in [0.15, 0.2) is 12.1 Å². The molecule has 0 N–H and O–H groups in total. The Morgan fingerprint density at radius 2 is 0.828 bits per heavy atom. The largest absolute Gasteiger partial charge is 0.235 e. The minimum Gasteiger partial charge on any atom is -0.235 e. The highest BCUT2D eigenvalue weighted by molar-refractivity contribution is 6.32. The van der Waals surface area contributed by atoms with Gasteiger partial charge in [-0.1, -0.05) is 11.6 Å². The van der Waals surface area contributed by atoms with E-state index in [1.165, 1.54) is 0 Å². The number of hydrogen-bond acceptors (Lipinski definition) is 1. The molecule has 0 amide bonds. The molecule has 2 aromatic carbocycles. The first-order valence-corrected chi connectivity index (χ1v) is 7.56. The van der Waals surface area contributed by atoms with Crippen molar-refractivity contribution < 1.29 is 43.9 Å². The molecule has 29 heavy (non-hydrogen) atoms. The number of rotatable bonds is 2. The quantitative estimate of drug-likeness (QED) is 0.191. The fraction of sp³-hybridized carbons (Fsp3) is 0. The molecule has 0 fully saturated rings. The summed E-state index contributed by atoms with van der Waals surface area (Å²) in [6, 6.07) is 1.07. The Hall–Kier alpha value is -2.82. The number of aromatic nitrogens is 1. The molecule has 1 heterocycles. The summed E-state index contributed by atoms with van der Waals surface area (Å²) >= 11 is 5.63. The van der Waals surface area contributed by atoms with Crippen molar-refractivity contribution in [3.8, 4) is 22.4 Å². The maximum absolute atomic E-state index is 13.9. The summed E-state index contributed by atoms with van der Waals surface area (Å²) in [5.74, 6) is -23.1. The van der Waals surface area contributed by atoms with Crippen LogP contribution in [0.25, 0.3) is 22.4 Å². The van der Waals surface area contributed by atoms with E-state index in [9.17, 15) is 43.9 Å². The zero-order chi connectivity index (χ0) is 21.8. The van der Waals surface area contributed by atoms with Gasteiger partial charge in [0.2, 0.25) is 11.6 Å². The highest BCUT2D eigenvalue weighted by atomic mass is 35.5. The van der Waals surface area contributed by atoms with Crippen LogP contribution in [-0.2, 0) is 0 Å². The Morgan fingerprint density at radius 3 is 1.21 bits per heavy atom. The van der Waals surface area contributed by atoms with Gasteiger partial charge in [-0.3, -0.25) is 0 Å². The van der Waals surface area contributed by atoms with Crippen LogP contribution in [-0.4, -0.2) is 4.98 Å². The molecule has 1 aromatic heterocycles. The van der Waals surface area contributed by atoms with E-state index in [-0.39, 0.29) is 0 Å². The number of pyridine rings is 1. The third-order valence-corrected chi connectivity index (χ3v) is 4.08. The summed E-state index contributed by atoms with van der Waals surface area (Å²) < 4.78 is 135. The molecule has 0 saturated heterocycles. The van der Waals surface area contributed by atoms with Crippen LogP contribution in [0.2, 0.25) is 5.15 Å². The molecule has 12 heteroatoms. The molecule has 3 aromatic rings. The molecule has 1 nitrogen and oxygen atoms in total. The number of halogens is 11. The topological polar surface area (TPSA) is 12.9 Å². The maximum atomic E-state index is 13.9. The van der Waals surface area contributed by atoms with Gasteiger partial charge in [-0.25, -0.2) is 48.9 Å². The van der Waals surface area contributed by atoms with E-state index in [1.54, 1.807) is 0 Å². The summed E-state index contributed by atoms with van der Waals surface area (Å²) in [4.78, 5) is 3.27. The van der Waals surface area contributed by atoms with Crippen molar-refractivity contribution in [3.05, 3.63) is 75.5 Å². The fourth-order valence-electron chi connectivity index (χ4n) is 2.43. The Labute approximate surface area is 159 Å². The molecular formula is C17H2ClF10N. The average molecular weight is 446 g/mol. The van der Waals surface area contributed by atoms with Crippen LogP contribution in [0.5, 0.6) is 0 Å². The normalized spacial score (nSPS) is 11.3. The van der Waals surface area contributed by atoms with Gasteiger partial charge in [-0.15, -0.1) is 0 Å². The Kier molecular flexibility index (Phi) is 5.20. The molecule has 0 aliphatic rings. The molecule has 152 valence electrons. The zero-order valence-electron chi connectivity index (χ0n) is 13.3. The van der Waals surface area contributed by atoms with Gasteiger partial charge in [0.1, 0.15) is 5.15 Å². The standard InChI is InChI=1S/C17H2ClF10N/c18-17-3(5-7(19)11(23)15(27)12(24)8(5)20)1-2-4(29-17)6-9(21)13(25)16(28)14(26)10(6)22/h1-2H. The second kappa shape index (κ2) is 7.21. The van der Waals surface area contributed by atoms with Gasteiger partial charge in [-0.2, -0.15) is 0 Å². The summed E-state index contributed by atoms with van der Waals surface area (Å²) in [6.45, 7) is 0. The van der Waals surface area contributed by atoms with E-state index >= 15 is 0 Å². The monoisotopic (exact) mass is 445 g/mol. The van der Waals surface area contributed by atoms with Crippen LogP contribution in [0, 0.1) is 58.2 Å². The van der Waals surface area contributed by atoms with Crippen molar-refractivity contribution in [2.45, 2.75) is 0 Å². The molecule has 0 radical (unpaired) electrons. The average Bonchev–Trinajstić information content (AvgIpc) is 2.69. The molecule has 0 atom stereocenters. The minimum atomic E-state index is -2.44. The van der Waals surface area contributed by atoms with Crippen molar-refractivity contribution in [2.24, 2.45) is 0 Å². The van der Waals surface area contributed by atoms with E-state index in [1.807, 2.05) is 0 Å². The lowest BCUT2D eigenvalue weighted by molar-refractivity contribution is 0.381. The van der Waals surface area contributed by atoms with E-state index in [0.717, 1.165) is 0 Å². The van der Waals surface area contributed by atoms with E-state index < -0.39 is 85.7 Å². The van der Waals surface area contributed by atoms with Gasteiger partial charge < -0.3 is 0 Å². The van der Waals surface area contributed by atoms with Gasteiger partial charge in [0.15, 0.2) is 46.5 Å². The van der Waals surface area contributed by atoms with Gasteiger partial charge >= 0.3 is 0 Å². The summed E-state index contributed by atoms with van der Waals surface area (Å²) in [5.41, 5.74) is -4.84. The lowest BCUT2D eigenvalue weighted by atomic mass is 10.0. The van der Waals surface area contributed by atoms with Gasteiger partial charge in [0.05, 0.1) is 16.8 Å². The molecule has 3 rings (SSSR count). The zero-order valence-corrected chi connectivity index (χ0v) is 14.0. The first kappa shape index (κ1) is 20.9. The molecule has 0 aliphatic carbocycles. The Morgan fingerprint density at radius 1 is 0.483 bits per heavy atom. The second-order valence-electron chi connectivity index (χ2n) is 5.42. The SMILES string of the molecule is Fc1c(F)c(F)c(-c2ccc(-c3c(F)c(F)c(F)c(F)c3F)c(Cl)n2)c(F)c1F. The molecular weight excluding hydrogens is 444 g/mol. The van der Waals surface area contributed by atoms with Crippen molar-refractivity contribution in [3.63, 3.8) is 0 Å². The first-order chi connectivity index (χ1) is 13.5. The Balaban J connectivity index is 2.26. The molecule has 0 unspecified atom stereocenters. The second-order valence-corrected chi connectivity index (χ2v) is 5.78. The lowest BCUT2D eigenvalue weighted by Crippen LogP contribution is -2.06. The van der Waals surface area contributed by atoms with Crippen LogP contribution >= 0.6 is 11.6 Å². The molecule has 0 aliphatic heterocycles. The summed E-state index contributed by atoms with van der Waals surface area (Å²) in [6.07, 6.45) is 0. The van der Waals surface area contributed by atoms with Crippen molar-refractivity contribution in [2.75, 3.05) is 0 Å². The molecule has 0 spiro atoms. The van der Waals surface area contributed by atoms with Crippen molar-refractivity contribution in [1.82, 2.24) is 4.98 Å². The number of hydrogen-bond donors (Lipinski definition) is 0. The Bertz CT molecular complexity index is 1120. The van der Waals surface area contributed by atoms with E-state index in [2.05, 4.69) is 4.98 Å². The van der Waals surface area contributed by atoms with Gasteiger partial charge in [0.25, 0.3) is 0 Å². The van der Waals surface area contributed by atoms with Gasteiger partial charge in [0, 0.05) is 5.56 Å². The highest BCUT2D eigenvalue weighted by Gasteiger charge is 2.30. The third kappa shape index (κ3) is 3.09. The fourth-order valence-corrected chi connectivity index (χ4v) is 2.68. The van der Waals surface area contributed by atoms with E-state index in [4.69, 9.17) is 11.6 Å². The van der Waals surface area contributed by atoms with E-state index in [0.29, 0.717) is 12.1 Å². The van der Waals surface area contributed by atoms with Crippen LogP contribution < -0.4 is 0 Å². The maximum Gasteiger partial charge on any atom is 0.200 e. The predicted octanol–water partition coefficient (Wildman–Crippen LogP) is 6.46. The number of nitrogens with zero attached hydrogens (tertiary/aromatic N) is 1. The molecule has 0 saturated carbocycles. The summed E-state index contributed by atoms with van der Waals surface area (Å²) in [5, 5.41) is -1.03. The van der Waals surface area contributed by atoms with Crippen molar-refractivity contribution in [1.29, 1.82) is 0 Å². The first-order valence-electron chi connectivity index (χ1n) is 7.19. The van der Waals surface area contributed by atoms with Crippen LogP contribution in [0.3, 0.4) is 0 Å². The third-order valence-electron chi connectivity index (χ3n) is 3.79. The number of benzene rings is 2. The van der Waals surface area contributed by atoms with Gasteiger partial charge in [-0.05, 0) is 12.1 Å². The lowest BCUT2D eigenvalue weighted by Gasteiger charge is -2.12. The summed E-state index contributed by atoms with van der Waals surface area (Å²) in [7, 11) is 0. The van der Waals surface area contributed by atoms with Crippen LogP contribution in [0.4, 0.5) is 43.9 Å². The minimum absolute atomic E-state index is 0.525. The van der Waals surface area contributed by atoms with Crippen LogP contribution in [0.1, 0.15) is 0 Å².